The van der Waals surface area contributed by atoms with Crippen LogP contribution in [0.15, 0.2) is 54.6 Å². The number of hydrogen-bond acceptors (Lipinski definition) is 7. The van der Waals surface area contributed by atoms with Crippen molar-refractivity contribution in [3.05, 3.63) is 65.9 Å². The number of carbonyl (C=O) groups excluding carboxylic acids is 1. The van der Waals surface area contributed by atoms with E-state index in [1.54, 1.807) is 18.2 Å². The highest BCUT2D eigenvalue weighted by Gasteiger charge is 2.08. The zero-order chi connectivity index (χ0) is 20.8. The van der Waals surface area contributed by atoms with Crippen LogP contribution in [0, 0.1) is 6.92 Å². The number of hydrogen-bond donors (Lipinski definition) is 2. The molecular weight excluding hydrogens is 368 g/mol. The zero-order valence-electron chi connectivity index (χ0n) is 16.9. The fraction of sp³-hybridized carbons (Fsp3) is 0.227. The molecule has 0 aliphatic heterocycles. The first-order valence-corrected chi connectivity index (χ1v) is 9.28. The summed E-state index contributed by atoms with van der Waals surface area (Å²) >= 11 is 0. The second-order valence-corrected chi connectivity index (χ2v) is 6.73. The van der Waals surface area contributed by atoms with Gasteiger partial charge in [-0.15, -0.1) is 0 Å². The Balaban J connectivity index is 1.75. The minimum Gasteiger partial charge on any atom is -0.491 e. The molecule has 150 valence electrons. The van der Waals surface area contributed by atoms with Crippen LogP contribution in [-0.4, -0.2) is 29.2 Å². The number of aryl methyl sites for hydroxylation is 1. The van der Waals surface area contributed by atoms with Crippen LogP contribution in [0.2, 0.25) is 0 Å². The van der Waals surface area contributed by atoms with E-state index >= 15 is 0 Å². The molecule has 1 heterocycles. The minimum atomic E-state index is -0.389. The predicted octanol–water partition coefficient (Wildman–Crippen LogP) is 4.85. The highest BCUT2D eigenvalue weighted by molar-refractivity contribution is 5.90. The van der Waals surface area contributed by atoms with Crippen molar-refractivity contribution in [2.45, 2.75) is 26.9 Å². The number of ether oxygens (including phenoxy) is 2. The van der Waals surface area contributed by atoms with Crippen LogP contribution in [0.4, 0.5) is 23.1 Å². The van der Waals surface area contributed by atoms with E-state index in [1.165, 1.54) is 7.11 Å². The van der Waals surface area contributed by atoms with E-state index in [2.05, 4.69) is 20.6 Å². The lowest BCUT2D eigenvalue weighted by Gasteiger charge is -2.12. The fourth-order valence-corrected chi connectivity index (χ4v) is 2.70. The molecule has 3 rings (SSSR count). The number of aromatic nitrogens is 2. The van der Waals surface area contributed by atoms with Crippen molar-refractivity contribution >= 4 is 29.1 Å². The number of nitrogens with one attached hydrogen (secondary N) is 2. The summed E-state index contributed by atoms with van der Waals surface area (Å²) in [5, 5.41) is 6.40. The van der Waals surface area contributed by atoms with Crippen LogP contribution in [0.3, 0.4) is 0 Å². The second-order valence-electron chi connectivity index (χ2n) is 6.73. The summed E-state index contributed by atoms with van der Waals surface area (Å²) in [7, 11) is 1.36. The molecule has 0 spiro atoms. The normalized spacial score (nSPS) is 10.5. The Morgan fingerprint density at radius 2 is 1.72 bits per heavy atom. The first-order chi connectivity index (χ1) is 13.9. The lowest BCUT2D eigenvalue weighted by Crippen LogP contribution is -2.06. The Kier molecular flexibility index (Phi) is 6.29. The number of rotatable bonds is 7. The average molecular weight is 392 g/mol. The Morgan fingerprint density at radius 3 is 2.41 bits per heavy atom. The molecule has 2 aromatic carbocycles. The van der Waals surface area contributed by atoms with Crippen molar-refractivity contribution in [3.63, 3.8) is 0 Å². The molecule has 3 aromatic rings. The van der Waals surface area contributed by atoms with Gasteiger partial charge in [0.25, 0.3) is 0 Å². The maximum absolute atomic E-state index is 11.7. The third-order valence-corrected chi connectivity index (χ3v) is 3.89. The van der Waals surface area contributed by atoms with Gasteiger partial charge in [-0.2, -0.15) is 4.98 Å². The summed E-state index contributed by atoms with van der Waals surface area (Å²) in [6.45, 7) is 5.87. The quantitative estimate of drug-likeness (QED) is 0.556. The predicted molar refractivity (Wildman–Crippen MR) is 113 cm³/mol. The van der Waals surface area contributed by atoms with Gasteiger partial charge in [-0.25, -0.2) is 9.78 Å². The van der Waals surface area contributed by atoms with Crippen LogP contribution in [-0.2, 0) is 4.74 Å². The molecule has 0 fully saturated rings. The number of methoxy groups -OCH3 is 1. The molecule has 0 aliphatic carbocycles. The van der Waals surface area contributed by atoms with Gasteiger partial charge in [0.15, 0.2) is 0 Å². The number of benzene rings is 2. The molecule has 0 atom stereocenters. The Labute approximate surface area is 170 Å². The van der Waals surface area contributed by atoms with Gasteiger partial charge in [-0.1, -0.05) is 6.07 Å². The van der Waals surface area contributed by atoms with E-state index in [9.17, 15) is 4.79 Å². The molecule has 29 heavy (non-hydrogen) atoms. The molecule has 0 saturated heterocycles. The standard InChI is InChI=1S/C22H24N4O3/c1-14(2)29-19-10-8-17(9-11-19)25-22-23-15(3)12-20(26-22)24-18-7-5-6-16(13-18)21(27)28-4/h5-14H,1-4H3,(H2,23,24,25,26). The summed E-state index contributed by atoms with van der Waals surface area (Å²) in [6, 6.07) is 16.5. The topological polar surface area (TPSA) is 85.4 Å². The number of anilines is 4. The highest BCUT2D eigenvalue weighted by Crippen LogP contribution is 2.22. The molecule has 2 N–H and O–H groups in total. The number of nitrogens with zero attached hydrogens (tertiary/aromatic N) is 2. The van der Waals surface area contributed by atoms with Gasteiger partial charge < -0.3 is 20.1 Å². The molecule has 0 aliphatic rings. The molecule has 0 bridgehead atoms. The molecule has 0 saturated carbocycles. The van der Waals surface area contributed by atoms with Crippen LogP contribution < -0.4 is 15.4 Å². The first-order valence-electron chi connectivity index (χ1n) is 9.28. The minimum absolute atomic E-state index is 0.125. The molecule has 0 amide bonds. The molecule has 0 radical (unpaired) electrons. The van der Waals surface area contributed by atoms with Gasteiger partial charge in [0.05, 0.1) is 18.8 Å². The van der Waals surface area contributed by atoms with E-state index < -0.39 is 0 Å². The van der Waals surface area contributed by atoms with Crippen LogP contribution in [0.25, 0.3) is 0 Å². The van der Waals surface area contributed by atoms with Crippen molar-refractivity contribution in [3.8, 4) is 5.75 Å². The highest BCUT2D eigenvalue weighted by atomic mass is 16.5. The second kappa shape index (κ2) is 9.05. The summed E-state index contributed by atoms with van der Waals surface area (Å²) < 4.78 is 10.4. The average Bonchev–Trinajstić information content (AvgIpc) is 2.68. The van der Waals surface area contributed by atoms with Crippen LogP contribution >= 0.6 is 0 Å². The number of esters is 1. The molecule has 1 aromatic heterocycles. The van der Waals surface area contributed by atoms with Gasteiger partial charge in [-0.3, -0.25) is 0 Å². The van der Waals surface area contributed by atoms with Crippen molar-refractivity contribution in [2.75, 3.05) is 17.7 Å². The van der Waals surface area contributed by atoms with Crippen molar-refractivity contribution < 1.29 is 14.3 Å². The zero-order valence-corrected chi connectivity index (χ0v) is 16.9. The van der Waals surface area contributed by atoms with Gasteiger partial charge >= 0.3 is 5.97 Å². The van der Waals surface area contributed by atoms with E-state index in [4.69, 9.17) is 9.47 Å². The largest absolute Gasteiger partial charge is 0.491 e. The molecule has 0 unspecified atom stereocenters. The van der Waals surface area contributed by atoms with Gasteiger partial charge in [0.1, 0.15) is 11.6 Å². The molecule has 7 heteroatoms. The van der Waals surface area contributed by atoms with E-state index in [0.29, 0.717) is 17.3 Å². The van der Waals surface area contributed by atoms with E-state index in [-0.39, 0.29) is 12.1 Å². The third kappa shape index (κ3) is 5.68. The Hall–Kier alpha value is -3.61. The lowest BCUT2D eigenvalue weighted by atomic mass is 10.2. The van der Waals surface area contributed by atoms with E-state index in [0.717, 1.165) is 22.8 Å². The summed E-state index contributed by atoms with van der Waals surface area (Å²) in [6.07, 6.45) is 0.125. The van der Waals surface area contributed by atoms with E-state index in [1.807, 2.05) is 57.2 Å². The van der Waals surface area contributed by atoms with Crippen molar-refractivity contribution in [2.24, 2.45) is 0 Å². The number of carbonyl (C=O) groups is 1. The van der Waals surface area contributed by atoms with Crippen LogP contribution in [0.1, 0.15) is 29.9 Å². The summed E-state index contributed by atoms with van der Waals surface area (Å²) in [5.41, 5.74) is 2.84. The molecule has 7 nitrogen and oxygen atoms in total. The SMILES string of the molecule is COC(=O)c1cccc(Nc2cc(C)nc(Nc3ccc(OC(C)C)cc3)n2)c1. The maximum atomic E-state index is 11.7. The first kappa shape index (κ1) is 20.1. The molecular formula is C22H24N4O3. The summed E-state index contributed by atoms with van der Waals surface area (Å²) in [4.78, 5) is 20.7. The monoisotopic (exact) mass is 392 g/mol. The maximum Gasteiger partial charge on any atom is 0.337 e. The summed E-state index contributed by atoms with van der Waals surface area (Å²) in [5.74, 6) is 1.50. The Bertz CT molecular complexity index is 988. The fourth-order valence-electron chi connectivity index (χ4n) is 2.70. The lowest BCUT2D eigenvalue weighted by molar-refractivity contribution is 0.0601. The van der Waals surface area contributed by atoms with Crippen LogP contribution in [0.5, 0.6) is 5.75 Å². The smallest absolute Gasteiger partial charge is 0.337 e. The van der Waals surface area contributed by atoms with Crippen molar-refractivity contribution in [1.82, 2.24) is 9.97 Å². The third-order valence-electron chi connectivity index (χ3n) is 3.89. The van der Waals surface area contributed by atoms with Gasteiger partial charge in [-0.05, 0) is 63.2 Å². The Morgan fingerprint density at radius 1 is 0.966 bits per heavy atom. The van der Waals surface area contributed by atoms with Crippen molar-refractivity contribution in [1.29, 1.82) is 0 Å². The van der Waals surface area contributed by atoms with Gasteiger partial charge in [0.2, 0.25) is 5.95 Å². The van der Waals surface area contributed by atoms with Gasteiger partial charge in [0, 0.05) is 23.1 Å².